The highest BCUT2D eigenvalue weighted by molar-refractivity contribution is 5.95. The van der Waals surface area contributed by atoms with Crippen LogP contribution in [0.1, 0.15) is 38.7 Å². The molecular weight excluding hydrogens is 420 g/mol. The normalized spacial score (nSPS) is 15.9. The molecule has 0 spiro atoms. The lowest BCUT2D eigenvalue weighted by atomic mass is 10.1. The van der Waals surface area contributed by atoms with Crippen molar-refractivity contribution in [1.29, 1.82) is 0 Å². The molecule has 9 nitrogen and oxygen atoms in total. The van der Waals surface area contributed by atoms with E-state index in [1.54, 1.807) is 11.0 Å². The van der Waals surface area contributed by atoms with E-state index in [-0.39, 0.29) is 18.4 Å². The van der Waals surface area contributed by atoms with Crippen LogP contribution in [0.3, 0.4) is 0 Å². The summed E-state index contributed by atoms with van der Waals surface area (Å²) in [7, 11) is 1.54. The van der Waals surface area contributed by atoms with Gasteiger partial charge in [-0.3, -0.25) is 19.2 Å². The number of amides is 2. The van der Waals surface area contributed by atoms with Crippen LogP contribution in [0.5, 0.6) is 0 Å². The first-order valence-corrected chi connectivity index (χ1v) is 11.7. The molecule has 0 N–H and O–H groups in total. The van der Waals surface area contributed by atoms with E-state index in [0.717, 1.165) is 30.8 Å². The summed E-state index contributed by atoms with van der Waals surface area (Å²) in [5.74, 6) is 0.0497. The molecule has 0 unspecified atom stereocenters. The van der Waals surface area contributed by atoms with Crippen LogP contribution in [-0.2, 0) is 27.4 Å². The van der Waals surface area contributed by atoms with Crippen molar-refractivity contribution >= 4 is 17.5 Å². The lowest BCUT2D eigenvalue weighted by Crippen LogP contribution is -2.41. The minimum atomic E-state index is -0.0639. The fourth-order valence-corrected chi connectivity index (χ4v) is 4.19. The van der Waals surface area contributed by atoms with Gasteiger partial charge in [-0.05, 0) is 38.3 Å². The Kier molecular flexibility index (Phi) is 9.38. The number of hydrogen-bond donors (Lipinski definition) is 0. The molecular formula is C24H36N6O3. The minimum Gasteiger partial charge on any atom is -0.375 e. The van der Waals surface area contributed by atoms with E-state index in [1.807, 2.05) is 34.1 Å². The SMILES string of the molecule is COCC(=O)N1CCCN(C(C)C)CCN(C(=O)CCCn2cncn2)Cc2ccccc21. The molecule has 1 aromatic heterocycles. The topological polar surface area (TPSA) is 83.8 Å². The van der Waals surface area contributed by atoms with Crippen LogP contribution in [0.4, 0.5) is 5.69 Å². The van der Waals surface area contributed by atoms with Gasteiger partial charge in [0.1, 0.15) is 19.3 Å². The van der Waals surface area contributed by atoms with E-state index >= 15 is 0 Å². The van der Waals surface area contributed by atoms with E-state index in [0.29, 0.717) is 45.1 Å². The van der Waals surface area contributed by atoms with E-state index in [1.165, 1.54) is 13.4 Å². The lowest BCUT2D eigenvalue weighted by Gasteiger charge is -2.30. The number of nitrogens with zero attached hydrogens (tertiary/aromatic N) is 6. The molecule has 0 fully saturated rings. The average Bonchev–Trinajstić information content (AvgIpc) is 3.30. The molecule has 0 aliphatic carbocycles. The van der Waals surface area contributed by atoms with Crippen molar-refractivity contribution < 1.29 is 14.3 Å². The summed E-state index contributed by atoms with van der Waals surface area (Å²) in [4.78, 5) is 36.2. The van der Waals surface area contributed by atoms with E-state index in [2.05, 4.69) is 28.8 Å². The summed E-state index contributed by atoms with van der Waals surface area (Å²) >= 11 is 0. The molecule has 3 rings (SSSR count). The van der Waals surface area contributed by atoms with Gasteiger partial charge >= 0.3 is 0 Å². The number of carbonyl (C=O) groups is 2. The standard InChI is InChI=1S/C24H36N6O3/c1-20(2)27-11-7-13-30(24(32)17-33-3)22-9-5-4-8-21(22)16-28(15-14-27)23(31)10-6-12-29-19-25-18-26-29/h4-5,8-9,18-20H,6-7,10-17H2,1-3H3. The molecule has 0 saturated heterocycles. The number of fused-ring (bicyclic) bond motifs is 1. The van der Waals surface area contributed by atoms with Crippen LogP contribution in [0.25, 0.3) is 0 Å². The Morgan fingerprint density at radius 1 is 1.09 bits per heavy atom. The predicted octanol–water partition coefficient (Wildman–Crippen LogP) is 2.18. The lowest BCUT2D eigenvalue weighted by molar-refractivity contribution is -0.132. The van der Waals surface area contributed by atoms with Crippen LogP contribution >= 0.6 is 0 Å². The first-order valence-electron chi connectivity index (χ1n) is 11.7. The first kappa shape index (κ1) is 24.9. The Balaban J connectivity index is 1.81. The molecule has 1 aliphatic rings. The molecule has 9 heteroatoms. The van der Waals surface area contributed by atoms with Crippen LogP contribution in [-0.4, -0.2) is 82.3 Å². The monoisotopic (exact) mass is 456 g/mol. The Morgan fingerprint density at radius 2 is 1.91 bits per heavy atom. The second-order valence-corrected chi connectivity index (χ2v) is 8.67. The third-order valence-electron chi connectivity index (χ3n) is 6.02. The Bertz CT molecular complexity index is 886. The molecule has 2 aromatic rings. The number of para-hydroxylation sites is 1. The molecule has 0 radical (unpaired) electrons. The zero-order chi connectivity index (χ0) is 23.6. The van der Waals surface area contributed by atoms with Gasteiger partial charge in [0, 0.05) is 64.5 Å². The summed E-state index contributed by atoms with van der Waals surface area (Å²) in [5.41, 5.74) is 1.84. The van der Waals surface area contributed by atoms with Gasteiger partial charge in [0.25, 0.3) is 5.91 Å². The van der Waals surface area contributed by atoms with Crippen LogP contribution in [0, 0.1) is 0 Å². The van der Waals surface area contributed by atoms with Crippen molar-refractivity contribution in [2.45, 2.75) is 52.2 Å². The summed E-state index contributed by atoms with van der Waals surface area (Å²) in [6.45, 7) is 8.46. The number of methoxy groups -OCH3 is 1. The van der Waals surface area contributed by atoms with Crippen molar-refractivity contribution in [3.05, 3.63) is 42.5 Å². The number of carbonyl (C=O) groups excluding carboxylic acids is 2. The molecule has 33 heavy (non-hydrogen) atoms. The summed E-state index contributed by atoms with van der Waals surface area (Å²) in [6, 6.07) is 8.24. The third kappa shape index (κ3) is 7.10. The third-order valence-corrected chi connectivity index (χ3v) is 6.02. The molecule has 0 atom stereocenters. The second-order valence-electron chi connectivity index (χ2n) is 8.67. The van der Waals surface area contributed by atoms with Gasteiger partial charge < -0.3 is 14.5 Å². The van der Waals surface area contributed by atoms with Crippen LogP contribution in [0.15, 0.2) is 36.9 Å². The van der Waals surface area contributed by atoms with E-state index in [9.17, 15) is 9.59 Å². The van der Waals surface area contributed by atoms with Crippen LogP contribution < -0.4 is 4.90 Å². The number of hydrogen-bond acceptors (Lipinski definition) is 6. The Hall–Kier alpha value is -2.78. The van der Waals surface area contributed by atoms with Gasteiger partial charge in [-0.15, -0.1) is 0 Å². The minimum absolute atomic E-state index is 0.0349. The van der Waals surface area contributed by atoms with Gasteiger partial charge in [-0.25, -0.2) is 4.98 Å². The van der Waals surface area contributed by atoms with Crippen LogP contribution in [0.2, 0.25) is 0 Å². The van der Waals surface area contributed by atoms with Gasteiger partial charge in [-0.1, -0.05) is 18.2 Å². The van der Waals surface area contributed by atoms with Gasteiger partial charge in [0.15, 0.2) is 0 Å². The molecule has 0 saturated carbocycles. The fourth-order valence-electron chi connectivity index (χ4n) is 4.19. The highest BCUT2D eigenvalue weighted by Gasteiger charge is 2.24. The van der Waals surface area contributed by atoms with Crippen molar-refractivity contribution in [3.8, 4) is 0 Å². The van der Waals surface area contributed by atoms with Gasteiger partial charge in [0.05, 0.1) is 0 Å². The van der Waals surface area contributed by atoms with E-state index < -0.39 is 0 Å². The number of aryl methyl sites for hydroxylation is 1. The van der Waals surface area contributed by atoms with Gasteiger partial charge in [0.2, 0.25) is 5.91 Å². The molecule has 0 bridgehead atoms. The van der Waals surface area contributed by atoms with E-state index in [4.69, 9.17) is 4.74 Å². The van der Waals surface area contributed by atoms with Gasteiger partial charge in [-0.2, -0.15) is 5.10 Å². The second kappa shape index (κ2) is 12.5. The maximum atomic E-state index is 13.2. The number of ether oxygens (including phenoxy) is 1. The molecule has 180 valence electrons. The summed E-state index contributed by atoms with van der Waals surface area (Å²) in [5, 5.41) is 4.11. The summed E-state index contributed by atoms with van der Waals surface area (Å²) < 4.78 is 6.89. The molecule has 2 amide bonds. The number of anilines is 1. The van der Waals surface area contributed by atoms with Crippen molar-refractivity contribution in [2.75, 3.05) is 44.8 Å². The maximum Gasteiger partial charge on any atom is 0.252 e. The molecule has 2 heterocycles. The maximum absolute atomic E-state index is 13.2. The number of rotatable bonds is 7. The zero-order valence-corrected chi connectivity index (χ0v) is 20.0. The van der Waals surface area contributed by atoms with Crippen molar-refractivity contribution in [1.82, 2.24) is 24.6 Å². The Labute approximate surface area is 196 Å². The number of benzene rings is 1. The molecule has 1 aromatic carbocycles. The first-order chi connectivity index (χ1) is 16.0. The average molecular weight is 457 g/mol. The fraction of sp³-hybridized carbons (Fsp3) is 0.583. The predicted molar refractivity (Wildman–Crippen MR) is 127 cm³/mol. The highest BCUT2D eigenvalue weighted by Crippen LogP contribution is 2.24. The smallest absolute Gasteiger partial charge is 0.252 e. The Morgan fingerprint density at radius 3 is 2.64 bits per heavy atom. The van der Waals surface area contributed by atoms with Crippen molar-refractivity contribution in [3.63, 3.8) is 0 Å². The highest BCUT2D eigenvalue weighted by atomic mass is 16.5. The van der Waals surface area contributed by atoms with Crippen molar-refractivity contribution in [2.24, 2.45) is 0 Å². The largest absolute Gasteiger partial charge is 0.375 e. The quantitative estimate of drug-likeness (QED) is 0.635. The summed E-state index contributed by atoms with van der Waals surface area (Å²) in [6.07, 6.45) is 5.17. The zero-order valence-electron chi connectivity index (χ0n) is 20.0. The number of aromatic nitrogens is 3. The molecule has 1 aliphatic heterocycles.